The molecule has 0 radical (unpaired) electrons. The maximum absolute atomic E-state index is 13.7. The predicted octanol–water partition coefficient (Wildman–Crippen LogP) is 4.53. The van der Waals surface area contributed by atoms with Gasteiger partial charge in [0, 0.05) is 47.4 Å². The first kappa shape index (κ1) is 30.6. The number of likely N-dealkylation sites (tertiary alicyclic amines) is 2. The Kier molecular flexibility index (Phi) is 7.51. The number of hydrogen-bond donors (Lipinski definition) is 2. The van der Waals surface area contributed by atoms with Crippen molar-refractivity contribution < 1.29 is 4.79 Å². The van der Waals surface area contributed by atoms with E-state index in [1.165, 1.54) is 12.7 Å². The van der Waals surface area contributed by atoms with E-state index < -0.39 is 0 Å². The third-order valence-corrected chi connectivity index (χ3v) is 10.2. The molecule has 48 heavy (non-hydrogen) atoms. The Morgan fingerprint density at radius 3 is 1.42 bits per heavy atom. The number of nitrogen functional groups attached to an aromatic ring is 2. The Bertz CT molecular complexity index is 2020. The Hall–Kier alpha value is -4.69. The SMILES string of the molecule is CC(C(=O)C(C)N1CC(n2nc(-c3ccc(Cl)cc3)c3c(N)ncnc32)C1)N1CC(n2nc(-c3ccc(Cl)cc3)c3c(N)ncnc32)C1. The van der Waals surface area contributed by atoms with Crippen molar-refractivity contribution in [2.75, 3.05) is 37.6 Å². The summed E-state index contributed by atoms with van der Waals surface area (Å²) in [6.45, 7) is 6.61. The Labute approximate surface area is 285 Å². The van der Waals surface area contributed by atoms with E-state index in [1.54, 1.807) is 0 Å². The maximum Gasteiger partial charge on any atom is 0.166 e. The fourth-order valence-electron chi connectivity index (χ4n) is 6.75. The van der Waals surface area contributed by atoms with E-state index in [2.05, 4.69) is 29.7 Å². The minimum atomic E-state index is -0.262. The lowest BCUT2D eigenvalue weighted by Gasteiger charge is -2.46. The van der Waals surface area contributed by atoms with Gasteiger partial charge < -0.3 is 11.5 Å². The van der Waals surface area contributed by atoms with E-state index in [-0.39, 0.29) is 30.0 Å². The molecule has 2 atom stereocenters. The molecule has 0 amide bonds. The molecule has 0 bridgehead atoms. The van der Waals surface area contributed by atoms with Crippen molar-refractivity contribution in [3.63, 3.8) is 0 Å². The number of aromatic nitrogens is 8. The van der Waals surface area contributed by atoms with Gasteiger partial charge in [-0.25, -0.2) is 29.3 Å². The van der Waals surface area contributed by atoms with Gasteiger partial charge in [0.2, 0.25) is 0 Å². The summed E-state index contributed by atoms with van der Waals surface area (Å²) in [6, 6.07) is 14.5. The molecule has 2 aliphatic heterocycles. The van der Waals surface area contributed by atoms with Crippen molar-refractivity contribution in [3.05, 3.63) is 71.2 Å². The summed E-state index contributed by atoms with van der Waals surface area (Å²) in [5, 5.41) is 12.6. The molecule has 0 spiro atoms. The second kappa shape index (κ2) is 11.8. The van der Waals surface area contributed by atoms with Crippen LogP contribution in [0.2, 0.25) is 10.0 Å². The van der Waals surface area contributed by atoms with E-state index in [9.17, 15) is 4.79 Å². The number of rotatable bonds is 8. The average Bonchev–Trinajstić information content (AvgIpc) is 3.61. The molecule has 6 heterocycles. The lowest BCUT2D eigenvalue weighted by molar-refractivity contribution is -0.133. The van der Waals surface area contributed by atoms with Crippen molar-refractivity contribution in [2.45, 2.75) is 38.0 Å². The van der Waals surface area contributed by atoms with Gasteiger partial charge in [-0.2, -0.15) is 10.2 Å². The molecule has 15 heteroatoms. The zero-order valence-electron chi connectivity index (χ0n) is 26.2. The zero-order valence-corrected chi connectivity index (χ0v) is 27.7. The van der Waals surface area contributed by atoms with Crippen LogP contribution < -0.4 is 11.5 Å². The topological polar surface area (TPSA) is 163 Å². The van der Waals surface area contributed by atoms with Crippen LogP contribution in [-0.4, -0.2) is 93.3 Å². The van der Waals surface area contributed by atoms with E-state index >= 15 is 0 Å². The number of ketones is 1. The van der Waals surface area contributed by atoms with Gasteiger partial charge in [-0.15, -0.1) is 0 Å². The molecule has 8 rings (SSSR count). The van der Waals surface area contributed by atoms with Gasteiger partial charge >= 0.3 is 0 Å². The van der Waals surface area contributed by atoms with Crippen LogP contribution in [0.5, 0.6) is 0 Å². The fraction of sp³-hybridized carbons (Fsp3) is 0.303. The monoisotopic (exact) mass is 682 g/mol. The number of benzene rings is 2. The van der Waals surface area contributed by atoms with Crippen LogP contribution in [-0.2, 0) is 4.79 Å². The van der Waals surface area contributed by atoms with Gasteiger partial charge in [0.05, 0.1) is 34.9 Å². The number of carbonyl (C=O) groups is 1. The number of halogens is 2. The Morgan fingerprint density at radius 1 is 0.667 bits per heavy atom. The summed E-state index contributed by atoms with van der Waals surface area (Å²) in [5.74, 6) is 0.917. The normalized spacial score (nSPS) is 17.4. The Balaban J connectivity index is 0.948. The van der Waals surface area contributed by atoms with Crippen molar-refractivity contribution >= 4 is 62.7 Å². The average molecular weight is 684 g/mol. The molecule has 2 unspecified atom stereocenters. The molecule has 13 nitrogen and oxygen atoms in total. The van der Waals surface area contributed by atoms with Crippen LogP contribution >= 0.6 is 23.2 Å². The summed E-state index contributed by atoms with van der Waals surface area (Å²) in [6.07, 6.45) is 2.91. The lowest BCUT2D eigenvalue weighted by atomic mass is 9.96. The van der Waals surface area contributed by atoms with Crippen LogP contribution in [0, 0.1) is 0 Å². The Morgan fingerprint density at radius 2 is 1.04 bits per heavy atom. The van der Waals surface area contributed by atoms with Crippen LogP contribution in [0.3, 0.4) is 0 Å². The first-order chi connectivity index (χ1) is 23.2. The van der Waals surface area contributed by atoms with Gasteiger partial charge in [0.15, 0.2) is 17.1 Å². The van der Waals surface area contributed by atoms with Crippen LogP contribution in [0.4, 0.5) is 11.6 Å². The largest absolute Gasteiger partial charge is 0.383 e. The van der Waals surface area contributed by atoms with E-state index in [0.29, 0.717) is 81.3 Å². The number of nitrogens with two attached hydrogens (primary N) is 2. The number of carbonyl (C=O) groups excluding carboxylic acids is 1. The van der Waals surface area contributed by atoms with Crippen LogP contribution in [0.15, 0.2) is 61.2 Å². The molecule has 244 valence electrons. The quantitative estimate of drug-likeness (QED) is 0.232. The summed E-state index contributed by atoms with van der Waals surface area (Å²) in [7, 11) is 0. The number of anilines is 2. The lowest BCUT2D eigenvalue weighted by Crippen LogP contribution is -2.60. The molecule has 2 aromatic carbocycles. The van der Waals surface area contributed by atoms with Gasteiger partial charge in [-0.05, 0) is 38.1 Å². The highest BCUT2D eigenvalue weighted by Crippen LogP contribution is 2.37. The number of hydrogen-bond acceptors (Lipinski definition) is 11. The molecular weight excluding hydrogens is 651 g/mol. The second-order valence-electron chi connectivity index (χ2n) is 12.5. The molecule has 0 aliphatic carbocycles. The van der Waals surface area contributed by atoms with Gasteiger partial charge in [0.1, 0.15) is 35.7 Å². The summed E-state index contributed by atoms with van der Waals surface area (Å²) >= 11 is 12.2. The first-order valence-corrected chi connectivity index (χ1v) is 16.4. The molecule has 2 aliphatic rings. The minimum absolute atomic E-state index is 0.0409. The molecule has 0 saturated carbocycles. The predicted molar refractivity (Wildman–Crippen MR) is 186 cm³/mol. The maximum atomic E-state index is 13.7. The molecule has 2 saturated heterocycles. The first-order valence-electron chi connectivity index (χ1n) is 15.7. The molecule has 4 aromatic heterocycles. The number of fused-ring (bicyclic) bond motifs is 2. The van der Waals surface area contributed by atoms with Crippen LogP contribution in [0.1, 0.15) is 25.9 Å². The highest BCUT2D eigenvalue weighted by atomic mass is 35.5. The number of Topliss-reactive ketones (excluding diaryl/α,β-unsaturated/α-hetero) is 1. The van der Waals surface area contributed by atoms with Gasteiger partial charge in [0.25, 0.3) is 0 Å². The molecule has 4 N–H and O–H groups in total. The standard InChI is InChI=1S/C33H32Cl2N12O/c1-17(44-11-23(12-44)46-32-25(30(36)38-15-40-32)27(42-46)19-3-7-21(34)8-4-19)29(48)18(2)45-13-24(14-45)47-33-26(31(37)39-16-41-33)28(43-47)20-5-9-22(35)10-6-20/h3-10,15-18,23-24H,11-14H2,1-2H3,(H2,36,38,40)(H2,37,39,41). The fourth-order valence-corrected chi connectivity index (χ4v) is 7.00. The van der Waals surface area contributed by atoms with E-state index in [4.69, 9.17) is 44.9 Å². The molecule has 2 fully saturated rings. The summed E-state index contributed by atoms with van der Waals surface area (Å²) in [5.41, 5.74) is 17.1. The van der Waals surface area contributed by atoms with Crippen molar-refractivity contribution in [3.8, 4) is 22.5 Å². The highest BCUT2D eigenvalue weighted by Gasteiger charge is 2.42. The van der Waals surface area contributed by atoms with Crippen LogP contribution in [0.25, 0.3) is 44.6 Å². The van der Waals surface area contributed by atoms with E-state index in [1.807, 2.05) is 71.7 Å². The van der Waals surface area contributed by atoms with Crippen molar-refractivity contribution in [2.24, 2.45) is 0 Å². The third-order valence-electron chi connectivity index (χ3n) is 9.66. The highest BCUT2D eigenvalue weighted by molar-refractivity contribution is 6.31. The third kappa shape index (κ3) is 5.05. The van der Waals surface area contributed by atoms with Gasteiger partial charge in [-0.3, -0.25) is 14.6 Å². The zero-order chi connectivity index (χ0) is 33.3. The smallest absolute Gasteiger partial charge is 0.166 e. The summed E-state index contributed by atoms with van der Waals surface area (Å²) < 4.78 is 3.83. The second-order valence-corrected chi connectivity index (χ2v) is 13.4. The van der Waals surface area contributed by atoms with Crippen molar-refractivity contribution in [1.82, 2.24) is 49.3 Å². The molecule has 6 aromatic rings. The van der Waals surface area contributed by atoms with Crippen molar-refractivity contribution in [1.29, 1.82) is 0 Å². The minimum Gasteiger partial charge on any atom is -0.383 e. The summed E-state index contributed by atoms with van der Waals surface area (Å²) in [4.78, 5) is 35.6. The van der Waals surface area contributed by atoms with E-state index in [0.717, 1.165) is 11.1 Å². The van der Waals surface area contributed by atoms with Gasteiger partial charge in [-0.1, -0.05) is 47.5 Å². The molecular formula is C33H32Cl2N12O. The number of nitrogens with zero attached hydrogens (tertiary/aromatic N) is 10.